The van der Waals surface area contributed by atoms with Crippen molar-refractivity contribution in [1.29, 1.82) is 0 Å². The lowest BCUT2D eigenvalue weighted by Crippen LogP contribution is -2.61. The van der Waals surface area contributed by atoms with E-state index >= 15 is 0 Å². The van der Waals surface area contributed by atoms with Gasteiger partial charge in [0.1, 0.15) is 0 Å². The fourth-order valence-electron chi connectivity index (χ4n) is 1.77. The highest BCUT2D eigenvalue weighted by Gasteiger charge is 2.38. The van der Waals surface area contributed by atoms with Gasteiger partial charge in [0.2, 0.25) is 0 Å². The van der Waals surface area contributed by atoms with Crippen LogP contribution in [0.25, 0.3) is 0 Å². The summed E-state index contributed by atoms with van der Waals surface area (Å²) in [7, 11) is 0. The summed E-state index contributed by atoms with van der Waals surface area (Å²) in [5.74, 6) is 0. The molecular weight excluding hydrogens is 186 g/mol. The molecule has 1 saturated heterocycles. The number of ether oxygens (including phenoxy) is 1. The highest BCUT2D eigenvalue weighted by Crippen LogP contribution is 2.29. The van der Waals surface area contributed by atoms with Crippen molar-refractivity contribution >= 4 is 0 Å². The summed E-state index contributed by atoms with van der Waals surface area (Å²) < 4.78 is 6.05. The molecule has 0 aromatic rings. The van der Waals surface area contributed by atoms with Crippen molar-refractivity contribution in [3.8, 4) is 0 Å². The predicted molar refractivity (Wildman–Crippen MR) is 65.2 cm³/mol. The van der Waals surface area contributed by atoms with E-state index in [-0.39, 0.29) is 5.60 Å². The van der Waals surface area contributed by atoms with Gasteiger partial charge in [-0.15, -0.1) is 0 Å². The molecule has 0 spiro atoms. The van der Waals surface area contributed by atoms with Gasteiger partial charge in [-0.25, -0.2) is 0 Å². The Labute approximate surface area is 95.0 Å². The molecule has 90 valence electrons. The van der Waals surface area contributed by atoms with Crippen molar-refractivity contribution in [3.63, 3.8) is 0 Å². The predicted octanol–water partition coefficient (Wildman–Crippen LogP) is 3.06. The Kier molecular flexibility index (Phi) is 3.83. The largest absolute Gasteiger partial charge is 0.370 e. The number of hydrogen-bond acceptors (Lipinski definition) is 2. The summed E-state index contributed by atoms with van der Waals surface area (Å²) >= 11 is 0. The minimum absolute atomic E-state index is 0.0487. The average Bonchev–Trinajstić information content (AvgIpc) is 2.10. The van der Waals surface area contributed by atoms with Crippen LogP contribution in [0.5, 0.6) is 0 Å². The molecule has 1 aliphatic rings. The quantitative estimate of drug-likeness (QED) is 0.696. The van der Waals surface area contributed by atoms with E-state index in [2.05, 4.69) is 46.4 Å². The molecule has 1 fully saturated rings. The molecule has 2 nitrogen and oxygen atoms in total. The molecule has 1 rings (SSSR count). The normalized spacial score (nSPS) is 20.4. The average molecular weight is 213 g/mol. The third kappa shape index (κ3) is 3.18. The smallest absolute Gasteiger partial charge is 0.0836 e. The second kappa shape index (κ2) is 4.42. The van der Waals surface area contributed by atoms with E-state index in [1.165, 1.54) is 6.42 Å². The van der Waals surface area contributed by atoms with Crippen molar-refractivity contribution in [1.82, 2.24) is 4.90 Å². The Hall–Kier alpha value is -0.0800. The van der Waals surface area contributed by atoms with E-state index in [0.717, 1.165) is 19.5 Å². The van der Waals surface area contributed by atoms with Crippen LogP contribution in [0.15, 0.2) is 0 Å². The lowest BCUT2D eigenvalue weighted by Gasteiger charge is -2.50. The van der Waals surface area contributed by atoms with Crippen LogP contribution in [0.2, 0.25) is 0 Å². The lowest BCUT2D eigenvalue weighted by molar-refractivity contribution is -0.154. The van der Waals surface area contributed by atoms with Crippen LogP contribution in [-0.4, -0.2) is 35.2 Å². The van der Waals surface area contributed by atoms with Gasteiger partial charge in [-0.2, -0.15) is 0 Å². The Morgan fingerprint density at radius 2 is 1.60 bits per heavy atom. The molecule has 0 saturated carbocycles. The summed E-state index contributed by atoms with van der Waals surface area (Å²) in [5.41, 5.74) is 0.392. The van der Waals surface area contributed by atoms with Gasteiger partial charge < -0.3 is 4.74 Å². The third-order valence-corrected chi connectivity index (χ3v) is 3.91. The SMILES string of the molecule is CCC(C)(C)OC1CN(C(C)(C)CC)C1. The maximum atomic E-state index is 6.05. The van der Waals surface area contributed by atoms with Crippen molar-refractivity contribution in [3.05, 3.63) is 0 Å². The summed E-state index contributed by atoms with van der Waals surface area (Å²) in [6.07, 6.45) is 2.74. The van der Waals surface area contributed by atoms with E-state index < -0.39 is 0 Å². The van der Waals surface area contributed by atoms with Crippen LogP contribution in [0.4, 0.5) is 0 Å². The first-order valence-corrected chi connectivity index (χ1v) is 6.23. The third-order valence-electron chi connectivity index (χ3n) is 3.91. The van der Waals surface area contributed by atoms with Crippen LogP contribution >= 0.6 is 0 Å². The molecule has 2 heteroatoms. The molecule has 0 atom stereocenters. The molecule has 0 aromatic carbocycles. The molecule has 0 aromatic heterocycles. The van der Waals surface area contributed by atoms with E-state index in [0.29, 0.717) is 11.6 Å². The highest BCUT2D eigenvalue weighted by atomic mass is 16.5. The van der Waals surface area contributed by atoms with E-state index in [9.17, 15) is 0 Å². The minimum atomic E-state index is 0.0487. The zero-order chi connectivity index (χ0) is 11.7. The first-order valence-electron chi connectivity index (χ1n) is 6.23. The van der Waals surface area contributed by atoms with Crippen LogP contribution in [0.3, 0.4) is 0 Å². The van der Waals surface area contributed by atoms with Crippen molar-refractivity contribution in [2.24, 2.45) is 0 Å². The van der Waals surface area contributed by atoms with Crippen molar-refractivity contribution in [2.75, 3.05) is 13.1 Å². The van der Waals surface area contributed by atoms with Crippen LogP contribution < -0.4 is 0 Å². The molecule has 0 radical (unpaired) electrons. The Morgan fingerprint density at radius 3 is 2.00 bits per heavy atom. The van der Waals surface area contributed by atoms with E-state index in [1.807, 2.05) is 0 Å². The van der Waals surface area contributed by atoms with Crippen LogP contribution in [-0.2, 0) is 4.74 Å². The van der Waals surface area contributed by atoms with E-state index in [1.54, 1.807) is 0 Å². The van der Waals surface area contributed by atoms with Crippen molar-refractivity contribution in [2.45, 2.75) is 71.6 Å². The zero-order valence-corrected chi connectivity index (χ0v) is 11.3. The van der Waals surface area contributed by atoms with Gasteiger partial charge in [0.15, 0.2) is 0 Å². The van der Waals surface area contributed by atoms with Gasteiger partial charge in [-0.05, 0) is 40.5 Å². The van der Waals surface area contributed by atoms with Gasteiger partial charge >= 0.3 is 0 Å². The topological polar surface area (TPSA) is 12.5 Å². The molecule has 1 heterocycles. The highest BCUT2D eigenvalue weighted by molar-refractivity contribution is 4.92. The van der Waals surface area contributed by atoms with Gasteiger partial charge in [0.05, 0.1) is 11.7 Å². The molecule has 1 aliphatic heterocycles. The maximum Gasteiger partial charge on any atom is 0.0836 e. The molecule has 0 N–H and O–H groups in total. The standard InChI is InChI=1S/C13H27NO/c1-7-12(3,4)14-9-11(10-14)15-13(5,6)8-2/h11H,7-10H2,1-6H3. The fourth-order valence-corrected chi connectivity index (χ4v) is 1.77. The van der Waals surface area contributed by atoms with Gasteiger partial charge in [-0.3, -0.25) is 4.90 Å². The second-order valence-electron chi connectivity index (χ2n) is 5.92. The first-order chi connectivity index (χ1) is 6.80. The van der Waals surface area contributed by atoms with Crippen LogP contribution in [0.1, 0.15) is 54.4 Å². The van der Waals surface area contributed by atoms with Gasteiger partial charge in [0.25, 0.3) is 0 Å². The summed E-state index contributed by atoms with van der Waals surface area (Å²) in [6.45, 7) is 15.6. The Balaban J connectivity index is 2.32. The maximum absolute atomic E-state index is 6.05. The Bertz CT molecular complexity index is 205. The van der Waals surface area contributed by atoms with Gasteiger partial charge in [0, 0.05) is 18.6 Å². The molecule has 0 bridgehead atoms. The first kappa shape index (κ1) is 13.0. The molecule has 0 amide bonds. The minimum Gasteiger partial charge on any atom is -0.370 e. The molecule has 0 aliphatic carbocycles. The molecule has 15 heavy (non-hydrogen) atoms. The van der Waals surface area contributed by atoms with Crippen LogP contribution in [0, 0.1) is 0 Å². The summed E-state index contributed by atoms with van der Waals surface area (Å²) in [4.78, 5) is 2.52. The number of hydrogen-bond donors (Lipinski definition) is 0. The lowest BCUT2D eigenvalue weighted by atomic mass is 9.93. The van der Waals surface area contributed by atoms with Gasteiger partial charge in [-0.1, -0.05) is 13.8 Å². The zero-order valence-electron chi connectivity index (χ0n) is 11.3. The summed E-state index contributed by atoms with van der Waals surface area (Å²) in [6, 6.07) is 0. The monoisotopic (exact) mass is 213 g/mol. The molecular formula is C13H27NO. The summed E-state index contributed by atoms with van der Waals surface area (Å²) in [5, 5.41) is 0. The fraction of sp³-hybridized carbons (Fsp3) is 1.00. The Morgan fingerprint density at radius 1 is 1.07 bits per heavy atom. The second-order valence-corrected chi connectivity index (χ2v) is 5.92. The van der Waals surface area contributed by atoms with Crippen molar-refractivity contribution < 1.29 is 4.74 Å². The number of rotatable bonds is 5. The molecule has 0 unspecified atom stereocenters. The number of likely N-dealkylation sites (tertiary alicyclic amines) is 1. The van der Waals surface area contributed by atoms with E-state index in [4.69, 9.17) is 4.74 Å². The number of nitrogens with zero attached hydrogens (tertiary/aromatic N) is 1.